The van der Waals surface area contributed by atoms with Gasteiger partial charge in [-0.15, -0.1) is 0 Å². The summed E-state index contributed by atoms with van der Waals surface area (Å²) < 4.78 is 5.41. The molecule has 0 aromatic heterocycles. The standard InChI is InChI=1S/C22H22N2O6/c1-13(19(25)24-11-22(29,12-24)20(26)27)23-21(28)30-10-18-16-8-4-2-6-14(16)15-7-3-5-9-17(15)18/h2-9,13,18,29H,10-12H2,1H3,(H,23,28)(H,26,27)/t13-/m0/s1. The first-order chi connectivity index (χ1) is 14.3. The zero-order chi connectivity index (χ0) is 21.5. The number of alkyl carbamates (subject to hydrolysis) is 1. The van der Waals surface area contributed by atoms with E-state index in [9.17, 15) is 19.5 Å². The molecule has 8 heteroatoms. The van der Waals surface area contributed by atoms with E-state index >= 15 is 0 Å². The van der Waals surface area contributed by atoms with Crippen molar-refractivity contribution in [2.45, 2.75) is 24.5 Å². The first kappa shape index (κ1) is 19.9. The molecule has 3 N–H and O–H groups in total. The minimum Gasteiger partial charge on any atom is -0.479 e. The molecule has 0 saturated carbocycles. The van der Waals surface area contributed by atoms with E-state index in [1.165, 1.54) is 11.8 Å². The summed E-state index contributed by atoms with van der Waals surface area (Å²) in [5.41, 5.74) is 2.50. The number of hydrogen-bond acceptors (Lipinski definition) is 5. The summed E-state index contributed by atoms with van der Waals surface area (Å²) in [6.45, 7) is 1.00. The van der Waals surface area contributed by atoms with Crippen molar-refractivity contribution in [3.63, 3.8) is 0 Å². The number of β-amino-alcohol motifs (C(OH)–C–C–N with tert-alkyl or cyclic N) is 1. The molecule has 1 aliphatic carbocycles. The molecule has 1 aliphatic heterocycles. The van der Waals surface area contributed by atoms with Crippen LogP contribution in [0.2, 0.25) is 0 Å². The highest BCUT2D eigenvalue weighted by molar-refractivity contribution is 5.89. The van der Waals surface area contributed by atoms with Gasteiger partial charge in [0.1, 0.15) is 12.6 Å². The molecule has 8 nitrogen and oxygen atoms in total. The van der Waals surface area contributed by atoms with Crippen LogP contribution in [-0.4, -0.2) is 64.4 Å². The molecule has 1 atom stereocenters. The molecule has 0 radical (unpaired) electrons. The molecule has 1 fully saturated rings. The molecule has 2 aliphatic rings. The van der Waals surface area contributed by atoms with E-state index in [1.807, 2.05) is 48.5 Å². The number of carboxylic acids is 1. The molecule has 2 aromatic rings. The minimum atomic E-state index is -1.92. The maximum Gasteiger partial charge on any atom is 0.407 e. The van der Waals surface area contributed by atoms with E-state index in [4.69, 9.17) is 9.84 Å². The molecule has 0 spiro atoms. The average molecular weight is 410 g/mol. The summed E-state index contributed by atoms with van der Waals surface area (Å²) in [5.74, 6) is -1.94. The van der Waals surface area contributed by atoms with E-state index in [0.29, 0.717) is 0 Å². The Morgan fingerprint density at radius 2 is 1.63 bits per heavy atom. The Bertz CT molecular complexity index is 969. The number of ether oxygens (including phenoxy) is 1. The fraction of sp³-hybridized carbons (Fsp3) is 0.318. The van der Waals surface area contributed by atoms with Crippen molar-refractivity contribution < 1.29 is 29.3 Å². The summed E-state index contributed by atoms with van der Waals surface area (Å²) in [7, 11) is 0. The van der Waals surface area contributed by atoms with Gasteiger partial charge in [0.25, 0.3) is 0 Å². The molecule has 2 aromatic carbocycles. The third kappa shape index (κ3) is 3.39. The van der Waals surface area contributed by atoms with Crippen molar-refractivity contribution in [3.8, 4) is 11.1 Å². The fourth-order valence-corrected chi connectivity index (χ4v) is 4.03. The number of fused-ring (bicyclic) bond motifs is 3. The maximum atomic E-state index is 12.3. The SMILES string of the molecule is C[C@H](NC(=O)OCC1c2ccccc2-c2ccccc21)C(=O)N1CC(O)(C(=O)O)C1. The van der Waals surface area contributed by atoms with Crippen molar-refractivity contribution in [2.24, 2.45) is 0 Å². The van der Waals surface area contributed by atoms with E-state index in [1.54, 1.807) is 0 Å². The van der Waals surface area contributed by atoms with Gasteiger partial charge in [0.05, 0.1) is 13.1 Å². The lowest BCUT2D eigenvalue weighted by atomic mass is 9.94. The van der Waals surface area contributed by atoms with Crippen LogP contribution in [0.15, 0.2) is 48.5 Å². The lowest BCUT2D eigenvalue weighted by molar-refractivity contribution is -0.182. The van der Waals surface area contributed by atoms with Crippen LogP contribution in [0.3, 0.4) is 0 Å². The van der Waals surface area contributed by atoms with Crippen LogP contribution in [0, 0.1) is 0 Å². The Morgan fingerprint density at radius 1 is 1.10 bits per heavy atom. The predicted octanol–water partition coefficient (Wildman–Crippen LogP) is 1.57. The van der Waals surface area contributed by atoms with Crippen LogP contribution in [-0.2, 0) is 14.3 Å². The fourth-order valence-electron chi connectivity index (χ4n) is 4.03. The van der Waals surface area contributed by atoms with Gasteiger partial charge in [-0.05, 0) is 29.2 Å². The Balaban J connectivity index is 1.34. The zero-order valence-corrected chi connectivity index (χ0v) is 16.4. The second kappa shape index (κ2) is 7.46. The number of rotatable bonds is 5. The van der Waals surface area contributed by atoms with Gasteiger partial charge in [-0.2, -0.15) is 0 Å². The van der Waals surface area contributed by atoms with Gasteiger partial charge in [0.15, 0.2) is 5.60 Å². The van der Waals surface area contributed by atoms with Crippen LogP contribution in [0.25, 0.3) is 11.1 Å². The summed E-state index contributed by atoms with van der Waals surface area (Å²) in [4.78, 5) is 36.7. The topological polar surface area (TPSA) is 116 Å². The molecule has 30 heavy (non-hydrogen) atoms. The van der Waals surface area contributed by atoms with Crippen LogP contribution < -0.4 is 5.32 Å². The second-order valence-electron chi connectivity index (χ2n) is 7.72. The molecule has 4 rings (SSSR count). The third-order valence-corrected chi connectivity index (χ3v) is 5.66. The Labute approximate surface area is 173 Å². The van der Waals surface area contributed by atoms with Crippen LogP contribution in [0.5, 0.6) is 0 Å². The van der Waals surface area contributed by atoms with Gasteiger partial charge < -0.3 is 25.2 Å². The van der Waals surface area contributed by atoms with E-state index in [2.05, 4.69) is 5.32 Å². The summed E-state index contributed by atoms with van der Waals surface area (Å²) in [6, 6.07) is 15.1. The van der Waals surface area contributed by atoms with Gasteiger partial charge in [-0.3, -0.25) is 4.79 Å². The Kier molecular flexibility index (Phi) is 4.95. The Morgan fingerprint density at radius 3 is 2.17 bits per heavy atom. The number of hydrogen-bond donors (Lipinski definition) is 3. The highest BCUT2D eigenvalue weighted by atomic mass is 16.5. The molecular weight excluding hydrogens is 388 g/mol. The zero-order valence-electron chi connectivity index (χ0n) is 16.4. The van der Waals surface area contributed by atoms with Gasteiger partial charge in [-0.25, -0.2) is 9.59 Å². The van der Waals surface area contributed by atoms with Crippen molar-refractivity contribution >= 4 is 18.0 Å². The number of carbonyl (C=O) groups excluding carboxylic acids is 2. The van der Waals surface area contributed by atoms with Gasteiger partial charge >= 0.3 is 12.1 Å². The predicted molar refractivity (Wildman–Crippen MR) is 107 cm³/mol. The first-order valence-electron chi connectivity index (χ1n) is 9.66. The van der Waals surface area contributed by atoms with Crippen LogP contribution in [0.1, 0.15) is 24.0 Å². The first-order valence-corrected chi connectivity index (χ1v) is 9.66. The summed E-state index contributed by atoms with van der Waals surface area (Å²) in [5, 5.41) is 21.1. The van der Waals surface area contributed by atoms with Crippen LogP contribution >= 0.6 is 0 Å². The van der Waals surface area contributed by atoms with Gasteiger partial charge in [0, 0.05) is 5.92 Å². The number of aliphatic hydroxyl groups is 1. The Hall–Kier alpha value is -3.39. The lowest BCUT2D eigenvalue weighted by Crippen LogP contribution is -2.69. The molecule has 0 unspecified atom stereocenters. The van der Waals surface area contributed by atoms with E-state index in [-0.39, 0.29) is 25.6 Å². The normalized spacial score (nSPS) is 17.3. The average Bonchev–Trinajstić information content (AvgIpc) is 3.03. The molecule has 1 heterocycles. The number of carbonyl (C=O) groups is 3. The quantitative estimate of drug-likeness (QED) is 0.689. The number of nitrogens with zero attached hydrogens (tertiary/aromatic N) is 1. The molecule has 156 valence electrons. The van der Waals surface area contributed by atoms with E-state index < -0.39 is 29.6 Å². The summed E-state index contributed by atoms with van der Waals surface area (Å²) in [6.07, 6.45) is -0.730. The molecular formula is C22H22N2O6. The number of aliphatic carboxylic acids is 1. The monoisotopic (exact) mass is 410 g/mol. The molecule has 0 bridgehead atoms. The highest BCUT2D eigenvalue weighted by Crippen LogP contribution is 2.44. The van der Waals surface area contributed by atoms with Gasteiger partial charge in [-0.1, -0.05) is 48.5 Å². The second-order valence-corrected chi connectivity index (χ2v) is 7.72. The van der Waals surface area contributed by atoms with Crippen molar-refractivity contribution in [1.82, 2.24) is 10.2 Å². The van der Waals surface area contributed by atoms with Crippen molar-refractivity contribution in [1.29, 1.82) is 0 Å². The largest absolute Gasteiger partial charge is 0.479 e. The summed E-state index contributed by atoms with van der Waals surface area (Å²) >= 11 is 0. The number of benzene rings is 2. The number of amides is 2. The number of nitrogens with one attached hydrogen (secondary N) is 1. The number of carboxylic acid groups (broad SMARTS) is 1. The number of likely N-dealkylation sites (tertiary alicyclic amines) is 1. The smallest absolute Gasteiger partial charge is 0.407 e. The van der Waals surface area contributed by atoms with E-state index in [0.717, 1.165) is 22.3 Å². The highest BCUT2D eigenvalue weighted by Gasteiger charge is 2.50. The minimum absolute atomic E-state index is 0.0879. The van der Waals surface area contributed by atoms with Crippen LogP contribution in [0.4, 0.5) is 4.79 Å². The van der Waals surface area contributed by atoms with Crippen molar-refractivity contribution in [2.75, 3.05) is 19.7 Å². The third-order valence-electron chi connectivity index (χ3n) is 5.66. The lowest BCUT2D eigenvalue weighted by Gasteiger charge is -2.44. The van der Waals surface area contributed by atoms with Gasteiger partial charge in [0.2, 0.25) is 5.91 Å². The maximum absolute atomic E-state index is 12.3. The van der Waals surface area contributed by atoms with Crippen molar-refractivity contribution in [3.05, 3.63) is 59.7 Å². The molecule has 2 amide bonds. The molecule has 1 saturated heterocycles.